The molecule has 2 N–H and O–H groups in total. The van der Waals surface area contributed by atoms with Crippen molar-refractivity contribution in [2.45, 2.75) is 10.8 Å². The summed E-state index contributed by atoms with van der Waals surface area (Å²) in [4.78, 5) is 30.8. The summed E-state index contributed by atoms with van der Waals surface area (Å²) in [6.45, 7) is 0.0941. The number of methoxy groups -OCH3 is 1. The molecule has 0 atom stereocenters. The van der Waals surface area contributed by atoms with Gasteiger partial charge in [0.15, 0.2) is 0 Å². The Balaban J connectivity index is 1.48. The number of pyridine rings is 1. The van der Waals surface area contributed by atoms with Gasteiger partial charge in [-0.05, 0) is 55.1 Å². The number of hydrogen-bond acceptors (Lipinski definition) is 6. The summed E-state index contributed by atoms with van der Waals surface area (Å²) in [5.74, 6) is 0.766. The standard InChI is InChI=1S/C24H25ClN4O3S/c1-29(15-23(31)28-20-13-18(25)9-10-21(20)32-2)14-22(30)27-19-7-5-6-17(12-19)16-33-24-8-3-4-11-26-24/h3-13H,14-16H2,1-2H3,(H,27,30)(H,28,31). The molecule has 3 aromatic rings. The fourth-order valence-electron chi connectivity index (χ4n) is 3.04. The van der Waals surface area contributed by atoms with Crippen LogP contribution < -0.4 is 15.4 Å². The highest BCUT2D eigenvalue weighted by atomic mass is 35.5. The van der Waals surface area contributed by atoms with Crippen molar-refractivity contribution in [1.82, 2.24) is 9.88 Å². The van der Waals surface area contributed by atoms with E-state index in [0.717, 1.165) is 16.3 Å². The Morgan fingerprint density at radius 3 is 2.55 bits per heavy atom. The number of hydrogen-bond donors (Lipinski definition) is 2. The fraction of sp³-hybridized carbons (Fsp3) is 0.208. The molecule has 33 heavy (non-hydrogen) atoms. The number of amides is 2. The third-order valence-corrected chi connectivity index (χ3v) is 5.75. The van der Waals surface area contributed by atoms with Crippen LogP contribution >= 0.6 is 23.4 Å². The number of thioether (sulfide) groups is 1. The number of likely N-dealkylation sites (N-methyl/N-ethyl adjacent to an activating group) is 1. The van der Waals surface area contributed by atoms with Gasteiger partial charge in [0, 0.05) is 22.7 Å². The van der Waals surface area contributed by atoms with Crippen LogP contribution in [0.15, 0.2) is 71.9 Å². The summed E-state index contributed by atoms with van der Waals surface area (Å²) in [5, 5.41) is 7.08. The molecule has 3 rings (SSSR count). The van der Waals surface area contributed by atoms with E-state index >= 15 is 0 Å². The molecule has 0 spiro atoms. The van der Waals surface area contributed by atoms with Crippen LogP contribution in [0.5, 0.6) is 5.75 Å². The number of rotatable bonds is 10. The molecule has 0 fully saturated rings. The second kappa shape index (κ2) is 12.2. The zero-order valence-electron chi connectivity index (χ0n) is 18.4. The van der Waals surface area contributed by atoms with E-state index in [1.54, 1.807) is 48.1 Å². The predicted molar refractivity (Wildman–Crippen MR) is 133 cm³/mol. The Labute approximate surface area is 202 Å². The van der Waals surface area contributed by atoms with Crippen LogP contribution in [0.25, 0.3) is 0 Å². The van der Waals surface area contributed by atoms with Crippen LogP contribution in [0.3, 0.4) is 0 Å². The Morgan fingerprint density at radius 1 is 1.03 bits per heavy atom. The molecular formula is C24H25ClN4O3S. The molecule has 0 saturated heterocycles. The van der Waals surface area contributed by atoms with Gasteiger partial charge in [0.25, 0.3) is 0 Å². The minimum Gasteiger partial charge on any atom is -0.495 e. The number of benzene rings is 2. The maximum Gasteiger partial charge on any atom is 0.238 e. The van der Waals surface area contributed by atoms with Gasteiger partial charge in [-0.25, -0.2) is 4.98 Å². The third-order valence-electron chi connectivity index (χ3n) is 4.50. The maximum absolute atomic E-state index is 12.5. The molecule has 7 nitrogen and oxygen atoms in total. The molecule has 1 aromatic heterocycles. The largest absolute Gasteiger partial charge is 0.495 e. The number of nitrogens with one attached hydrogen (secondary N) is 2. The van der Waals surface area contributed by atoms with Crippen molar-refractivity contribution in [3.05, 3.63) is 77.4 Å². The Hall–Kier alpha value is -3.07. The lowest BCUT2D eigenvalue weighted by atomic mass is 10.2. The molecule has 0 aliphatic heterocycles. The molecule has 2 aromatic carbocycles. The highest BCUT2D eigenvalue weighted by Gasteiger charge is 2.13. The molecule has 0 radical (unpaired) electrons. The van der Waals surface area contributed by atoms with Crippen LogP contribution in [0.2, 0.25) is 5.02 Å². The molecule has 0 saturated carbocycles. The van der Waals surface area contributed by atoms with E-state index in [4.69, 9.17) is 16.3 Å². The van der Waals surface area contributed by atoms with Gasteiger partial charge in [0.1, 0.15) is 5.75 Å². The van der Waals surface area contributed by atoms with Crippen molar-refractivity contribution in [2.75, 3.05) is 37.9 Å². The number of aromatic nitrogens is 1. The molecule has 2 amide bonds. The second-order valence-electron chi connectivity index (χ2n) is 7.27. The van der Waals surface area contributed by atoms with Gasteiger partial charge >= 0.3 is 0 Å². The second-order valence-corrected chi connectivity index (χ2v) is 8.70. The van der Waals surface area contributed by atoms with Gasteiger partial charge in [-0.2, -0.15) is 0 Å². The monoisotopic (exact) mass is 484 g/mol. The summed E-state index contributed by atoms with van der Waals surface area (Å²) in [6, 6.07) is 18.5. The van der Waals surface area contributed by atoms with Gasteiger partial charge in [0.05, 0.1) is 30.9 Å². The summed E-state index contributed by atoms with van der Waals surface area (Å²) in [6.07, 6.45) is 1.77. The van der Waals surface area contributed by atoms with Gasteiger partial charge in [-0.15, -0.1) is 11.8 Å². The minimum atomic E-state index is -0.278. The topological polar surface area (TPSA) is 83.6 Å². The lowest BCUT2D eigenvalue weighted by molar-refractivity contribution is -0.119. The molecular weight excluding hydrogens is 460 g/mol. The first kappa shape index (κ1) is 24.6. The lowest BCUT2D eigenvalue weighted by Crippen LogP contribution is -2.36. The zero-order chi connectivity index (χ0) is 23.6. The van der Waals surface area contributed by atoms with E-state index in [1.165, 1.54) is 7.11 Å². The number of ether oxygens (including phenoxy) is 1. The van der Waals surface area contributed by atoms with Crippen molar-refractivity contribution in [1.29, 1.82) is 0 Å². The van der Waals surface area contributed by atoms with Crippen molar-refractivity contribution < 1.29 is 14.3 Å². The quantitative estimate of drug-likeness (QED) is 0.411. The lowest BCUT2D eigenvalue weighted by Gasteiger charge is -2.17. The first-order chi connectivity index (χ1) is 15.9. The van der Waals surface area contributed by atoms with Crippen LogP contribution in [0, 0.1) is 0 Å². The average Bonchev–Trinajstić information content (AvgIpc) is 2.78. The van der Waals surface area contributed by atoms with Crippen LogP contribution in [0.4, 0.5) is 11.4 Å². The van der Waals surface area contributed by atoms with E-state index < -0.39 is 0 Å². The minimum absolute atomic E-state index is 0.0316. The van der Waals surface area contributed by atoms with Gasteiger partial charge < -0.3 is 15.4 Å². The Morgan fingerprint density at radius 2 is 1.82 bits per heavy atom. The number of carbonyl (C=O) groups excluding carboxylic acids is 2. The highest BCUT2D eigenvalue weighted by Crippen LogP contribution is 2.27. The summed E-state index contributed by atoms with van der Waals surface area (Å²) >= 11 is 7.63. The fourth-order valence-corrected chi connectivity index (χ4v) is 4.02. The van der Waals surface area contributed by atoms with E-state index in [1.807, 2.05) is 42.5 Å². The smallest absolute Gasteiger partial charge is 0.238 e. The Bertz CT molecular complexity index is 1100. The van der Waals surface area contributed by atoms with Crippen LogP contribution in [-0.4, -0.2) is 48.9 Å². The normalized spacial score (nSPS) is 10.7. The number of carbonyl (C=O) groups is 2. The van der Waals surface area contributed by atoms with E-state index in [2.05, 4.69) is 15.6 Å². The predicted octanol–water partition coefficient (Wildman–Crippen LogP) is 4.54. The molecule has 0 unspecified atom stereocenters. The number of anilines is 2. The van der Waals surface area contributed by atoms with Crippen LogP contribution in [-0.2, 0) is 15.3 Å². The molecule has 1 heterocycles. The van der Waals surface area contributed by atoms with E-state index in [0.29, 0.717) is 22.1 Å². The van der Waals surface area contributed by atoms with Gasteiger partial charge in [0.2, 0.25) is 11.8 Å². The SMILES string of the molecule is COc1ccc(Cl)cc1NC(=O)CN(C)CC(=O)Nc1cccc(CSc2ccccn2)c1. The zero-order valence-corrected chi connectivity index (χ0v) is 19.9. The summed E-state index contributed by atoms with van der Waals surface area (Å²) in [5.41, 5.74) is 2.26. The van der Waals surface area contributed by atoms with E-state index in [-0.39, 0.29) is 24.9 Å². The molecule has 0 bridgehead atoms. The molecule has 9 heteroatoms. The molecule has 0 aliphatic carbocycles. The first-order valence-electron chi connectivity index (χ1n) is 10.2. The summed E-state index contributed by atoms with van der Waals surface area (Å²) < 4.78 is 5.23. The maximum atomic E-state index is 12.5. The molecule has 172 valence electrons. The molecule has 0 aliphatic rings. The first-order valence-corrected chi connectivity index (χ1v) is 11.5. The Kier molecular flexibility index (Phi) is 9.12. The number of nitrogens with zero attached hydrogens (tertiary/aromatic N) is 2. The van der Waals surface area contributed by atoms with E-state index in [9.17, 15) is 9.59 Å². The third kappa shape index (κ3) is 8.09. The van der Waals surface area contributed by atoms with Gasteiger partial charge in [-0.1, -0.05) is 29.8 Å². The van der Waals surface area contributed by atoms with Crippen LogP contribution in [0.1, 0.15) is 5.56 Å². The number of halogens is 1. The van der Waals surface area contributed by atoms with Crippen molar-refractivity contribution in [3.63, 3.8) is 0 Å². The van der Waals surface area contributed by atoms with Gasteiger partial charge in [-0.3, -0.25) is 14.5 Å². The van der Waals surface area contributed by atoms with Crippen molar-refractivity contribution >= 4 is 46.6 Å². The van der Waals surface area contributed by atoms with Crippen molar-refractivity contribution in [2.24, 2.45) is 0 Å². The highest BCUT2D eigenvalue weighted by molar-refractivity contribution is 7.98. The summed E-state index contributed by atoms with van der Waals surface area (Å²) in [7, 11) is 3.22. The average molecular weight is 485 g/mol. The van der Waals surface area contributed by atoms with Crippen molar-refractivity contribution in [3.8, 4) is 5.75 Å².